The smallest absolute Gasteiger partial charge is 0.278 e. The van der Waals surface area contributed by atoms with E-state index < -0.39 is 0 Å². The molecule has 3 aromatic heterocycles. The molecule has 4 aromatic rings. The van der Waals surface area contributed by atoms with Gasteiger partial charge in [-0.1, -0.05) is 19.1 Å². The van der Waals surface area contributed by atoms with Crippen molar-refractivity contribution in [2.45, 2.75) is 70.4 Å². The molecule has 2 N–H and O–H groups in total. The summed E-state index contributed by atoms with van der Waals surface area (Å²) in [5.41, 5.74) is 1.31. The maximum atomic E-state index is 13.6. The Hall–Kier alpha value is -3.82. The topological polar surface area (TPSA) is 97.7 Å². The van der Waals surface area contributed by atoms with Gasteiger partial charge in [0.2, 0.25) is 11.8 Å². The summed E-state index contributed by atoms with van der Waals surface area (Å²) in [5.74, 6) is 2.20. The molecule has 8 nitrogen and oxygen atoms in total. The van der Waals surface area contributed by atoms with Gasteiger partial charge in [0.15, 0.2) is 11.2 Å². The molecule has 3 heterocycles. The van der Waals surface area contributed by atoms with Gasteiger partial charge in [-0.05, 0) is 80.5 Å². The number of hydrogen-bond donors (Lipinski definition) is 2. The lowest BCUT2D eigenvalue weighted by Gasteiger charge is -2.61. The zero-order valence-electron chi connectivity index (χ0n) is 23.1. The van der Waals surface area contributed by atoms with E-state index in [0.29, 0.717) is 54.5 Å². The highest BCUT2D eigenvalue weighted by molar-refractivity contribution is 5.72. The lowest BCUT2D eigenvalue weighted by Crippen LogP contribution is -2.56. The average molecular weight is 561 g/mol. The maximum Gasteiger partial charge on any atom is 0.278 e. The van der Waals surface area contributed by atoms with Crippen LogP contribution >= 0.6 is 0 Å². The van der Waals surface area contributed by atoms with Crippen LogP contribution in [0.4, 0.5) is 14.7 Å². The number of aromatic nitrogens is 5. The number of nitrogens with one attached hydrogen (secondary N) is 2. The summed E-state index contributed by atoms with van der Waals surface area (Å²) >= 11 is 0. The molecule has 1 aromatic carbocycles. The van der Waals surface area contributed by atoms with Crippen LogP contribution < -0.4 is 15.6 Å². The predicted octanol–water partition coefficient (Wildman–Crippen LogP) is 5.73. The zero-order valence-corrected chi connectivity index (χ0v) is 23.1. The quantitative estimate of drug-likeness (QED) is 0.271. The monoisotopic (exact) mass is 560 g/mol. The Morgan fingerprint density at radius 2 is 1.93 bits per heavy atom. The van der Waals surface area contributed by atoms with E-state index in [9.17, 15) is 13.6 Å². The first-order valence-electron chi connectivity index (χ1n) is 14.6. The van der Waals surface area contributed by atoms with E-state index in [4.69, 9.17) is 14.7 Å². The van der Waals surface area contributed by atoms with E-state index in [0.717, 1.165) is 49.9 Å². The molecule has 214 valence electrons. The summed E-state index contributed by atoms with van der Waals surface area (Å²) in [6.07, 6.45) is 8.52. The number of aryl methyl sites for hydroxylation is 1. The van der Waals surface area contributed by atoms with Crippen molar-refractivity contribution in [3.8, 4) is 5.88 Å². The summed E-state index contributed by atoms with van der Waals surface area (Å²) in [4.78, 5) is 30.2. The van der Waals surface area contributed by atoms with Crippen molar-refractivity contribution < 1.29 is 13.5 Å². The molecule has 0 amide bonds. The number of anilines is 1. The molecule has 0 aliphatic heterocycles. The molecule has 4 saturated carbocycles. The first-order chi connectivity index (χ1) is 19.8. The normalized spacial score (nSPS) is 26.5. The van der Waals surface area contributed by atoms with Gasteiger partial charge >= 0.3 is 0 Å². The lowest BCUT2D eigenvalue weighted by atomic mass is 9.44. The standard InChI is InChI=1S/C31H34F2N6O2/c1-2-8-39-25-26(37-29(38-27(25)40)35-15-19-4-3-5-22(32)10-19)36-28(39)31-13-20-9-21(14-31)12-30(11-20,17-31)18-41-24-7-6-23(33)16-34-24/h3-7,10,16,20-21H,2,8-9,11-15,17-18H2,1H3,(H2,35,37,38,40). The van der Waals surface area contributed by atoms with Crippen LogP contribution in [0.1, 0.15) is 63.3 Å². The SMILES string of the molecule is CCCn1c(C23CC4CC(CC(COc5ccc(F)cn5)(C4)C2)C3)nc2nc(NCc3cccc(F)c3)[nH]c(=O)c21. The molecule has 2 atom stereocenters. The first-order valence-corrected chi connectivity index (χ1v) is 14.6. The largest absolute Gasteiger partial charge is 0.477 e. The third-order valence-electron chi connectivity index (χ3n) is 9.29. The second-order valence-corrected chi connectivity index (χ2v) is 12.5. The zero-order chi connectivity index (χ0) is 28.2. The fraction of sp³-hybridized carbons (Fsp3) is 0.484. The number of hydrogen-bond acceptors (Lipinski definition) is 6. The number of halogens is 2. The van der Waals surface area contributed by atoms with Crippen molar-refractivity contribution in [2.75, 3.05) is 11.9 Å². The number of fused-ring (bicyclic) bond motifs is 1. The molecule has 4 aliphatic rings. The Morgan fingerprint density at radius 3 is 2.66 bits per heavy atom. The highest BCUT2D eigenvalue weighted by Crippen LogP contribution is 2.65. The van der Waals surface area contributed by atoms with Crippen LogP contribution in [0.2, 0.25) is 0 Å². The van der Waals surface area contributed by atoms with Gasteiger partial charge in [-0.3, -0.25) is 9.78 Å². The van der Waals surface area contributed by atoms with Gasteiger partial charge in [-0.2, -0.15) is 4.98 Å². The number of rotatable bonds is 9. The van der Waals surface area contributed by atoms with Crippen LogP contribution in [0.15, 0.2) is 47.4 Å². The predicted molar refractivity (Wildman–Crippen MR) is 151 cm³/mol. The van der Waals surface area contributed by atoms with Crippen LogP contribution in [-0.2, 0) is 18.5 Å². The fourth-order valence-corrected chi connectivity index (χ4v) is 8.36. The highest BCUT2D eigenvalue weighted by Gasteiger charge is 2.60. The number of nitrogens with zero attached hydrogens (tertiary/aromatic N) is 4. The van der Waals surface area contributed by atoms with Crippen LogP contribution in [0.25, 0.3) is 11.2 Å². The van der Waals surface area contributed by atoms with E-state index in [-0.39, 0.29) is 28.0 Å². The molecular weight excluding hydrogens is 526 g/mol. The van der Waals surface area contributed by atoms with E-state index in [1.165, 1.54) is 30.8 Å². The average Bonchev–Trinajstić information content (AvgIpc) is 3.31. The fourth-order valence-electron chi connectivity index (χ4n) is 8.36. The molecule has 0 spiro atoms. The molecule has 0 radical (unpaired) electrons. The molecule has 41 heavy (non-hydrogen) atoms. The lowest BCUT2D eigenvalue weighted by molar-refractivity contribution is -0.0952. The number of ether oxygens (including phenoxy) is 1. The number of aromatic amines is 1. The summed E-state index contributed by atoms with van der Waals surface area (Å²) in [5, 5.41) is 3.13. The van der Waals surface area contributed by atoms with Gasteiger partial charge in [-0.15, -0.1) is 0 Å². The molecule has 8 rings (SSSR count). The Kier molecular flexibility index (Phi) is 6.32. The van der Waals surface area contributed by atoms with E-state index in [1.807, 2.05) is 6.07 Å². The third-order valence-corrected chi connectivity index (χ3v) is 9.29. The number of pyridine rings is 1. The third kappa shape index (κ3) is 4.77. The van der Waals surface area contributed by atoms with Gasteiger partial charge in [0.25, 0.3) is 5.56 Å². The van der Waals surface area contributed by atoms with Crippen molar-refractivity contribution in [3.63, 3.8) is 0 Å². The minimum Gasteiger partial charge on any atom is -0.477 e. The van der Waals surface area contributed by atoms with E-state index >= 15 is 0 Å². The van der Waals surface area contributed by atoms with Gasteiger partial charge in [0.1, 0.15) is 17.5 Å². The molecular formula is C31H34F2N6O2. The highest BCUT2D eigenvalue weighted by atomic mass is 19.1. The number of benzene rings is 1. The van der Waals surface area contributed by atoms with Gasteiger partial charge in [0, 0.05) is 30.0 Å². The Bertz CT molecular complexity index is 1630. The van der Waals surface area contributed by atoms with Crippen LogP contribution in [0.3, 0.4) is 0 Å². The van der Waals surface area contributed by atoms with Gasteiger partial charge < -0.3 is 14.6 Å². The number of H-pyrrole nitrogens is 1. The van der Waals surface area contributed by atoms with Crippen LogP contribution in [0.5, 0.6) is 5.88 Å². The van der Waals surface area contributed by atoms with Crippen molar-refractivity contribution in [2.24, 2.45) is 17.3 Å². The Labute approximate surface area is 236 Å². The Morgan fingerprint density at radius 1 is 1.10 bits per heavy atom. The minimum atomic E-state index is -0.378. The minimum absolute atomic E-state index is 0.00709. The summed E-state index contributed by atoms with van der Waals surface area (Å²) in [7, 11) is 0. The van der Waals surface area contributed by atoms with Gasteiger partial charge in [-0.25, -0.2) is 18.7 Å². The van der Waals surface area contributed by atoms with E-state index in [2.05, 4.69) is 26.8 Å². The molecule has 10 heteroatoms. The summed E-state index contributed by atoms with van der Waals surface area (Å²) in [6, 6.07) is 9.30. The summed E-state index contributed by atoms with van der Waals surface area (Å²) in [6.45, 7) is 3.67. The van der Waals surface area contributed by atoms with Crippen molar-refractivity contribution in [3.05, 3.63) is 76.0 Å². The van der Waals surface area contributed by atoms with Crippen molar-refractivity contribution in [1.29, 1.82) is 0 Å². The molecule has 4 aliphatic carbocycles. The number of imidazole rings is 1. The van der Waals surface area contributed by atoms with Crippen LogP contribution in [0, 0.1) is 28.9 Å². The van der Waals surface area contributed by atoms with E-state index in [1.54, 1.807) is 12.1 Å². The van der Waals surface area contributed by atoms with Crippen LogP contribution in [-0.4, -0.2) is 31.1 Å². The Balaban J connectivity index is 1.22. The maximum absolute atomic E-state index is 13.6. The summed E-state index contributed by atoms with van der Waals surface area (Å²) < 4.78 is 35.3. The molecule has 2 unspecified atom stereocenters. The molecule has 4 fully saturated rings. The molecule has 4 bridgehead atoms. The van der Waals surface area contributed by atoms with Crippen molar-refractivity contribution in [1.82, 2.24) is 24.5 Å². The first kappa shape index (κ1) is 26.1. The molecule has 0 saturated heterocycles. The van der Waals surface area contributed by atoms with Crippen molar-refractivity contribution >= 4 is 17.1 Å². The second kappa shape index (κ2) is 9.92. The second-order valence-electron chi connectivity index (χ2n) is 12.5. The van der Waals surface area contributed by atoms with Gasteiger partial charge in [0.05, 0.1) is 12.8 Å².